The van der Waals surface area contributed by atoms with Gasteiger partial charge in [-0.1, -0.05) is 12.1 Å². The van der Waals surface area contributed by atoms with Crippen molar-refractivity contribution in [1.82, 2.24) is 5.32 Å². The van der Waals surface area contributed by atoms with Crippen LogP contribution in [0.25, 0.3) is 0 Å². The first kappa shape index (κ1) is 11.1. The highest BCUT2D eigenvalue weighted by atomic mass is 19.1. The van der Waals surface area contributed by atoms with Crippen LogP contribution in [-0.4, -0.2) is 25.5 Å². The highest BCUT2D eigenvalue weighted by Crippen LogP contribution is 2.09. The molecule has 16 heavy (non-hydrogen) atoms. The van der Waals surface area contributed by atoms with Crippen LogP contribution in [0.5, 0.6) is 0 Å². The fourth-order valence-corrected chi connectivity index (χ4v) is 2.08. The SMILES string of the molecule is C[C@@H](c1ccc(F)cc1)[NH+]1CCNC(=O)C1. The van der Waals surface area contributed by atoms with Gasteiger partial charge in [-0.05, 0) is 19.1 Å². The molecule has 86 valence electrons. The normalized spacial score (nSPS) is 22.6. The second-order valence-corrected chi connectivity index (χ2v) is 4.21. The minimum absolute atomic E-state index is 0.0928. The van der Waals surface area contributed by atoms with Gasteiger partial charge in [-0.15, -0.1) is 0 Å². The molecule has 0 aliphatic carbocycles. The number of nitrogens with one attached hydrogen (secondary N) is 2. The van der Waals surface area contributed by atoms with Gasteiger partial charge in [-0.3, -0.25) is 4.79 Å². The third kappa shape index (κ3) is 2.39. The summed E-state index contributed by atoms with van der Waals surface area (Å²) < 4.78 is 12.8. The van der Waals surface area contributed by atoms with Crippen molar-refractivity contribution in [2.45, 2.75) is 13.0 Å². The summed E-state index contributed by atoms with van der Waals surface area (Å²) in [7, 11) is 0. The van der Waals surface area contributed by atoms with E-state index >= 15 is 0 Å². The van der Waals surface area contributed by atoms with Crippen LogP contribution < -0.4 is 10.2 Å². The Bertz CT molecular complexity index is 377. The molecular weight excluding hydrogens is 207 g/mol. The molecule has 1 aliphatic heterocycles. The monoisotopic (exact) mass is 223 g/mol. The number of rotatable bonds is 2. The van der Waals surface area contributed by atoms with Gasteiger partial charge < -0.3 is 10.2 Å². The van der Waals surface area contributed by atoms with E-state index in [0.717, 1.165) is 18.7 Å². The zero-order valence-electron chi connectivity index (χ0n) is 9.29. The molecule has 1 heterocycles. The quantitative estimate of drug-likeness (QED) is 0.721. The standard InChI is InChI=1S/C12H15FN2O/c1-9(10-2-4-11(13)5-3-10)15-7-6-14-12(16)8-15/h2-5,9H,6-8H2,1H3,(H,14,16)/p+1/t9-/m0/s1. The third-order valence-corrected chi connectivity index (χ3v) is 3.14. The maximum atomic E-state index is 12.8. The summed E-state index contributed by atoms with van der Waals surface area (Å²) >= 11 is 0. The molecule has 0 saturated carbocycles. The van der Waals surface area contributed by atoms with Crippen LogP contribution in [0.2, 0.25) is 0 Å². The Labute approximate surface area is 94.3 Å². The number of amides is 1. The molecule has 1 saturated heterocycles. The predicted octanol–water partition coefficient (Wildman–Crippen LogP) is -0.0986. The molecule has 1 unspecified atom stereocenters. The smallest absolute Gasteiger partial charge is 0.275 e. The van der Waals surface area contributed by atoms with E-state index in [1.807, 2.05) is 0 Å². The first-order valence-electron chi connectivity index (χ1n) is 5.53. The van der Waals surface area contributed by atoms with Gasteiger partial charge in [-0.25, -0.2) is 4.39 Å². The lowest BCUT2D eigenvalue weighted by molar-refractivity contribution is -0.923. The fourth-order valence-electron chi connectivity index (χ4n) is 2.08. The molecule has 1 amide bonds. The summed E-state index contributed by atoms with van der Waals surface area (Å²) in [6.45, 7) is 4.21. The van der Waals surface area contributed by atoms with Gasteiger partial charge in [0.1, 0.15) is 11.9 Å². The molecular formula is C12H16FN2O+. The average Bonchev–Trinajstić information content (AvgIpc) is 2.29. The van der Waals surface area contributed by atoms with E-state index in [9.17, 15) is 9.18 Å². The van der Waals surface area contributed by atoms with Crippen molar-refractivity contribution in [2.24, 2.45) is 0 Å². The van der Waals surface area contributed by atoms with Crippen LogP contribution in [0.15, 0.2) is 24.3 Å². The first-order valence-corrected chi connectivity index (χ1v) is 5.53. The molecule has 0 aromatic heterocycles. The molecule has 2 atom stereocenters. The number of hydrogen-bond donors (Lipinski definition) is 2. The maximum absolute atomic E-state index is 12.8. The molecule has 0 radical (unpaired) electrons. The largest absolute Gasteiger partial charge is 0.346 e. The number of carbonyl (C=O) groups excluding carboxylic acids is 1. The van der Waals surface area contributed by atoms with Crippen LogP contribution in [0.4, 0.5) is 4.39 Å². The third-order valence-electron chi connectivity index (χ3n) is 3.14. The molecule has 1 aromatic rings. The number of carbonyl (C=O) groups is 1. The lowest BCUT2D eigenvalue weighted by atomic mass is 10.1. The average molecular weight is 223 g/mol. The highest BCUT2D eigenvalue weighted by Gasteiger charge is 2.25. The van der Waals surface area contributed by atoms with Gasteiger partial charge in [0.15, 0.2) is 6.54 Å². The second-order valence-electron chi connectivity index (χ2n) is 4.21. The van der Waals surface area contributed by atoms with E-state index in [4.69, 9.17) is 0 Å². The van der Waals surface area contributed by atoms with Gasteiger partial charge >= 0.3 is 0 Å². The molecule has 1 aromatic carbocycles. The van der Waals surface area contributed by atoms with Crippen molar-refractivity contribution < 1.29 is 14.1 Å². The van der Waals surface area contributed by atoms with Gasteiger partial charge in [0, 0.05) is 5.56 Å². The Hall–Kier alpha value is -1.42. The Morgan fingerprint density at radius 3 is 2.69 bits per heavy atom. The van der Waals surface area contributed by atoms with E-state index in [1.165, 1.54) is 17.0 Å². The maximum Gasteiger partial charge on any atom is 0.275 e. The summed E-state index contributed by atoms with van der Waals surface area (Å²) in [4.78, 5) is 12.5. The van der Waals surface area contributed by atoms with Gasteiger partial charge in [0.2, 0.25) is 0 Å². The number of piperazine rings is 1. The number of halogens is 1. The zero-order chi connectivity index (χ0) is 11.5. The van der Waals surface area contributed by atoms with Gasteiger partial charge in [-0.2, -0.15) is 0 Å². The van der Waals surface area contributed by atoms with Crippen molar-refractivity contribution >= 4 is 5.91 Å². The van der Waals surface area contributed by atoms with E-state index in [-0.39, 0.29) is 17.8 Å². The molecule has 2 rings (SSSR count). The van der Waals surface area contributed by atoms with Crippen molar-refractivity contribution in [3.8, 4) is 0 Å². The minimum atomic E-state index is -0.220. The van der Waals surface area contributed by atoms with Crippen molar-refractivity contribution in [3.05, 3.63) is 35.6 Å². The lowest BCUT2D eigenvalue weighted by Crippen LogP contribution is -3.15. The number of benzene rings is 1. The second kappa shape index (κ2) is 4.61. The number of hydrogen-bond acceptors (Lipinski definition) is 1. The molecule has 0 bridgehead atoms. The summed E-state index contributed by atoms with van der Waals surface area (Å²) in [5, 5.41) is 2.81. The van der Waals surface area contributed by atoms with Crippen molar-refractivity contribution in [3.63, 3.8) is 0 Å². The Morgan fingerprint density at radius 1 is 1.38 bits per heavy atom. The first-order chi connectivity index (χ1) is 7.66. The molecule has 2 N–H and O–H groups in total. The number of quaternary nitrogens is 1. The summed E-state index contributed by atoms with van der Waals surface area (Å²) in [6, 6.07) is 6.75. The van der Waals surface area contributed by atoms with Gasteiger partial charge in [0.05, 0.1) is 13.1 Å². The topological polar surface area (TPSA) is 33.5 Å². The Kier molecular flexibility index (Phi) is 3.19. The van der Waals surface area contributed by atoms with E-state index < -0.39 is 0 Å². The minimum Gasteiger partial charge on any atom is -0.346 e. The molecule has 1 fully saturated rings. The van der Waals surface area contributed by atoms with Crippen molar-refractivity contribution in [1.29, 1.82) is 0 Å². The van der Waals surface area contributed by atoms with E-state index in [2.05, 4.69) is 12.2 Å². The highest BCUT2D eigenvalue weighted by molar-refractivity contribution is 5.77. The van der Waals surface area contributed by atoms with Crippen LogP contribution in [0.1, 0.15) is 18.5 Å². The molecule has 0 spiro atoms. The van der Waals surface area contributed by atoms with Gasteiger partial charge in [0.25, 0.3) is 5.91 Å². The zero-order valence-corrected chi connectivity index (χ0v) is 9.29. The van der Waals surface area contributed by atoms with Crippen LogP contribution in [0, 0.1) is 5.82 Å². The van der Waals surface area contributed by atoms with E-state index in [0.29, 0.717) is 6.54 Å². The van der Waals surface area contributed by atoms with Crippen LogP contribution in [-0.2, 0) is 4.79 Å². The summed E-state index contributed by atoms with van der Waals surface area (Å²) in [5.41, 5.74) is 1.08. The predicted molar refractivity (Wildman–Crippen MR) is 58.5 cm³/mol. The molecule has 4 heteroatoms. The molecule has 3 nitrogen and oxygen atoms in total. The van der Waals surface area contributed by atoms with Crippen molar-refractivity contribution in [2.75, 3.05) is 19.6 Å². The molecule has 1 aliphatic rings. The lowest BCUT2D eigenvalue weighted by Gasteiger charge is -2.29. The van der Waals surface area contributed by atoms with Crippen LogP contribution in [0.3, 0.4) is 0 Å². The summed E-state index contributed by atoms with van der Waals surface area (Å²) in [5.74, 6) is -0.127. The Balaban J connectivity index is 2.08. The van der Waals surface area contributed by atoms with E-state index in [1.54, 1.807) is 12.1 Å². The van der Waals surface area contributed by atoms with Crippen LogP contribution >= 0.6 is 0 Å². The Morgan fingerprint density at radius 2 is 2.06 bits per heavy atom. The fraction of sp³-hybridized carbons (Fsp3) is 0.417. The summed E-state index contributed by atoms with van der Waals surface area (Å²) in [6.07, 6.45) is 0.